The fourth-order valence-electron chi connectivity index (χ4n) is 11.6. The lowest BCUT2D eigenvalue weighted by atomic mass is 9.78. The van der Waals surface area contributed by atoms with E-state index in [9.17, 15) is 0 Å². The molecule has 0 N–H and O–H groups in total. The zero-order valence-electron chi connectivity index (χ0n) is 38.0. The van der Waals surface area contributed by atoms with Crippen LogP contribution in [0.5, 0.6) is 0 Å². The molecule has 11 rings (SSSR count). The number of nitrogens with zero attached hydrogens (tertiary/aromatic N) is 1. The maximum Gasteiger partial charge on any atom is 0.0543 e. The second-order valence-electron chi connectivity index (χ2n) is 21.8. The van der Waals surface area contributed by atoms with Crippen molar-refractivity contribution in [3.63, 3.8) is 0 Å². The standard InChI is InChI=1S/C59H57NS/c1-55(2,3)34-30-42-52-50(61-54(42)48(31-34)56(4,5)6)29-28-41-51-45(59(11,12)53(41)52)22-17-23-49(51)60(35-24-26-39-37-18-13-15-20-43(37)57(7,8)46(39)32-35)36-25-27-40-38-19-14-16-21-44(38)58(9,10)47(40)33-36/h13-33H,1-12H3. The minimum Gasteiger partial charge on any atom is -0.310 e. The molecular formula is C59H57NS. The maximum absolute atomic E-state index is 2.59. The molecule has 61 heavy (non-hydrogen) atoms. The summed E-state index contributed by atoms with van der Waals surface area (Å²) >= 11 is 1.99. The first-order chi connectivity index (χ1) is 28.8. The highest BCUT2D eigenvalue weighted by atomic mass is 32.1. The van der Waals surface area contributed by atoms with Crippen LogP contribution in [0.3, 0.4) is 0 Å². The van der Waals surface area contributed by atoms with E-state index in [-0.39, 0.29) is 27.1 Å². The average Bonchev–Trinajstić information content (AvgIpc) is 3.86. The van der Waals surface area contributed by atoms with Crippen LogP contribution < -0.4 is 4.90 Å². The fourth-order valence-corrected chi connectivity index (χ4v) is 13.0. The summed E-state index contributed by atoms with van der Waals surface area (Å²) < 4.78 is 2.81. The minimum atomic E-state index is -0.220. The molecule has 0 saturated heterocycles. The van der Waals surface area contributed by atoms with Gasteiger partial charge in [0.05, 0.1) is 5.69 Å². The summed E-state index contributed by atoms with van der Waals surface area (Å²) in [7, 11) is 0. The summed E-state index contributed by atoms with van der Waals surface area (Å²) in [5.41, 5.74) is 22.6. The van der Waals surface area contributed by atoms with Gasteiger partial charge in [-0.3, -0.25) is 0 Å². The number of hydrogen-bond acceptors (Lipinski definition) is 2. The number of fused-ring (bicyclic) bond motifs is 13. The van der Waals surface area contributed by atoms with Crippen molar-refractivity contribution in [3.8, 4) is 33.4 Å². The van der Waals surface area contributed by atoms with Crippen LogP contribution >= 0.6 is 11.3 Å². The summed E-state index contributed by atoms with van der Waals surface area (Å²) in [6, 6.07) is 49.5. The van der Waals surface area contributed by atoms with Gasteiger partial charge in [-0.15, -0.1) is 11.3 Å². The topological polar surface area (TPSA) is 3.24 Å². The normalized spacial score (nSPS) is 16.3. The van der Waals surface area contributed by atoms with E-state index in [1.165, 1.54) is 115 Å². The monoisotopic (exact) mass is 811 g/mol. The van der Waals surface area contributed by atoms with Crippen LogP contribution in [0.25, 0.3) is 53.6 Å². The molecule has 0 bridgehead atoms. The number of rotatable bonds is 3. The second kappa shape index (κ2) is 12.4. The van der Waals surface area contributed by atoms with E-state index in [2.05, 4.69) is 215 Å². The molecule has 0 fully saturated rings. The summed E-state index contributed by atoms with van der Waals surface area (Å²) in [4.78, 5) is 2.59. The van der Waals surface area contributed by atoms with E-state index in [0.29, 0.717) is 0 Å². The molecule has 0 radical (unpaired) electrons. The van der Waals surface area contributed by atoms with E-state index in [4.69, 9.17) is 0 Å². The molecule has 0 atom stereocenters. The van der Waals surface area contributed by atoms with E-state index in [0.717, 1.165) is 0 Å². The quantitative estimate of drug-likeness (QED) is 0.172. The maximum atomic E-state index is 2.59. The van der Waals surface area contributed by atoms with Crippen molar-refractivity contribution in [1.82, 2.24) is 0 Å². The molecule has 3 aliphatic carbocycles. The summed E-state index contributed by atoms with van der Waals surface area (Å²) in [6.45, 7) is 28.7. The van der Waals surface area contributed by atoms with Gasteiger partial charge >= 0.3 is 0 Å². The highest BCUT2D eigenvalue weighted by Gasteiger charge is 2.42. The average molecular weight is 812 g/mol. The molecule has 0 spiro atoms. The largest absolute Gasteiger partial charge is 0.310 e. The van der Waals surface area contributed by atoms with Crippen LogP contribution in [-0.2, 0) is 27.1 Å². The van der Waals surface area contributed by atoms with Crippen molar-refractivity contribution in [3.05, 3.63) is 172 Å². The van der Waals surface area contributed by atoms with Gasteiger partial charge in [0.2, 0.25) is 0 Å². The van der Waals surface area contributed by atoms with Crippen molar-refractivity contribution in [2.45, 2.75) is 110 Å². The molecule has 2 heteroatoms. The Labute approximate surface area is 367 Å². The second-order valence-corrected chi connectivity index (χ2v) is 22.9. The van der Waals surface area contributed by atoms with Crippen LogP contribution in [0.2, 0.25) is 0 Å². The van der Waals surface area contributed by atoms with Crippen LogP contribution in [0.4, 0.5) is 17.1 Å². The molecule has 0 unspecified atom stereocenters. The zero-order chi connectivity index (χ0) is 42.8. The first kappa shape index (κ1) is 38.5. The first-order valence-corrected chi connectivity index (χ1v) is 23.1. The van der Waals surface area contributed by atoms with Gasteiger partial charge < -0.3 is 4.90 Å². The smallest absolute Gasteiger partial charge is 0.0543 e. The Hall–Kier alpha value is -5.44. The van der Waals surface area contributed by atoms with Crippen LogP contribution in [-0.4, -0.2) is 0 Å². The molecule has 0 saturated carbocycles. The lowest BCUT2D eigenvalue weighted by molar-refractivity contribution is 0.573. The Kier molecular flexibility index (Phi) is 7.79. The molecule has 0 amide bonds. The molecular weight excluding hydrogens is 755 g/mol. The molecule has 1 nitrogen and oxygen atoms in total. The predicted octanol–water partition coefficient (Wildman–Crippen LogP) is 17.0. The third kappa shape index (κ3) is 5.24. The van der Waals surface area contributed by atoms with Gasteiger partial charge in [-0.25, -0.2) is 0 Å². The highest BCUT2D eigenvalue weighted by Crippen LogP contribution is 2.60. The van der Waals surface area contributed by atoms with Crippen LogP contribution in [0.15, 0.2) is 127 Å². The SMILES string of the molecule is CC(C)(C)c1cc(C(C)(C)C)c2sc3ccc4c(c3c2c1)C(C)(C)c1cccc(N(c2ccc3c(c2)C(C)(C)c2ccccc2-3)c2ccc3c(c2)C(C)(C)c2ccccc2-3)c1-4. The van der Waals surface area contributed by atoms with Crippen molar-refractivity contribution in [1.29, 1.82) is 0 Å². The predicted molar refractivity (Wildman–Crippen MR) is 264 cm³/mol. The highest BCUT2D eigenvalue weighted by molar-refractivity contribution is 7.26. The number of benzene rings is 7. The van der Waals surface area contributed by atoms with Crippen molar-refractivity contribution in [2.24, 2.45) is 0 Å². The summed E-state index contributed by atoms with van der Waals surface area (Å²) in [5.74, 6) is 0. The number of anilines is 3. The molecule has 1 heterocycles. The zero-order valence-corrected chi connectivity index (χ0v) is 38.8. The first-order valence-electron chi connectivity index (χ1n) is 22.3. The van der Waals surface area contributed by atoms with Gasteiger partial charge in [-0.1, -0.05) is 168 Å². The summed E-state index contributed by atoms with van der Waals surface area (Å²) in [5, 5.41) is 2.84. The van der Waals surface area contributed by atoms with Crippen molar-refractivity contribution < 1.29 is 0 Å². The summed E-state index contributed by atoms with van der Waals surface area (Å²) in [6.07, 6.45) is 0. The Morgan fingerprint density at radius 3 is 1.54 bits per heavy atom. The van der Waals surface area contributed by atoms with Gasteiger partial charge in [-0.05, 0) is 126 Å². The number of thiophene rings is 1. The molecule has 1 aromatic heterocycles. The Bertz CT molecular complexity index is 3080. The minimum absolute atomic E-state index is 0.0211. The fraction of sp³-hybridized carbons (Fsp3) is 0.288. The van der Waals surface area contributed by atoms with E-state index in [1.807, 2.05) is 11.3 Å². The van der Waals surface area contributed by atoms with Gasteiger partial charge in [0.25, 0.3) is 0 Å². The molecule has 0 aliphatic heterocycles. The van der Waals surface area contributed by atoms with E-state index in [1.54, 1.807) is 0 Å². The Morgan fingerprint density at radius 2 is 0.984 bits per heavy atom. The lowest BCUT2D eigenvalue weighted by Crippen LogP contribution is -2.19. The van der Waals surface area contributed by atoms with Gasteiger partial charge in [0, 0.05) is 53.4 Å². The van der Waals surface area contributed by atoms with E-state index < -0.39 is 0 Å². The number of hydrogen-bond donors (Lipinski definition) is 0. The third-order valence-corrected chi connectivity index (χ3v) is 16.1. The van der Waals surface area contributed by atoms with E-state index >= 15 is 0 Å². The molecule has 8 aromatic rings. The van der Waals surface area contributed by atoms with Gasteiger partial charge in [-0.2, -0.15) is 0 Å². The Balaban J connectivity index is 1.19. The Morgan fingerprint density at radius 1 is 0.459 bits per heavy atom. The van der Waals surface area contributed by atoms with Crippen molar-refractivity contribution in [2.75, 3.05) is 4.90 Å². The molecule has 3 aliphatic rings. The van der Waals surface area contributed by atoms with Gasteiger partial charge in [0.1, 0.15) is 0 Å². The molecule has 7 aromatic carbocycles. The van der Waals surface area contributed by atoms with Crippen LogP contribution in [0.1, 0.15) is 128 Å². The molecule has 304 valence electrons. The van der Waals surface area contributed by atoms with Gasteiger partial charge in [0.15, 0.2) is 0 Å². The van der Waals surface area contributed by atoms with Crippen molar-refractivity contribution >= 4 is 48.6 Å². The lowest BCUT2D eigenvalue weighted by Gasteiger charge is -2.31. The van der Waals surface area contributed by atoms with Crippen LogP contribution in [0, 0.1) is 0 Å². The third-order valence-electron chi connectivity index (χ3n) is 14.9.